The molecule has 1 aliphatic rings. The standard InChI is InChI=1S/C14H18N2O4/c1-9-5-6-16(11(7-9)14(18)19)13(17)10-3-4-12(20-2)15-8-10/h3-4,8-9,11H,5-7H2,1-2H3,(H,18,19). The van der Waals surface area contributed by atoms with Gasteiger partial charge in [-0.3, -0.25) is 4.79 Å². The van der Waals surface area contributed by atoms with Crippen molar-refractivity contribution in [3.05, 3.63) is 23.9 Å². The summed E-state index contributed by atoms with van der Waals surface area (Å²) in [7, 11) is 1.50. The highest BCUT2D eigenvalue weighted by molar-refractivity contribution is 5.96. The zero-order valence-corrected chi connectivity index (χ0v) is 11.6. The average molecular weight is 278 g/mol. The van der Waals surface area contributed by atoms with E-state index in [9.17, 15) is 14.7 Å². The molecule has 2 rings (SSSR count). The maximum atomic E-state index is 12.4. The van der Waals surface area contributed by atoms with Crippen LogP contribution in [0.15, 0.2) is 18.3 Å². The van der Waals surface area contributed by atoms with Crippen molar-refractivity contribution in [3.63, 3.8) is 0 Å². The Morgan fingerprint density at radius 1 is 1.45 bits per heavy atom. The molecule has 0 saturated carbocycles. The Morgan fingerprint density at radius 2 is 2.20 bits per heavy atom. The summed E-state index contributed by atoms with van der Waals surface area (Å²) in [6.45, 7) is 2.47. The SMILES string of the molecule is COc1ccc(C(=O)N2CCC(C)CC2C(=O)O)cn1. The number of methoxy groups -OCH3 is 1. The summed E-state index contributed by atoms with van der Waals surface area (Å²) in [6, 6.07) is 2.44. The smallest absolute Gasteiger partial charge is 0.326 e. The lowest BCUT2D eigenvalue weighted by atomic mass is 9.92. The molecule has 1 saturated heterocycles. The molecule has 1 aliphatic heterocycles. The Hall–Kier alpha value is -2.11. The first kappa shape index (κ1) is 14.3. The first-order chi connectivity index (χ1) is 9.52. The maximum absolute atomic E-state index is 12.4. The second-order valence-corrected chi connectivity index (χ2v) is 5.07. The van der Waals surface area contributed by atoms with Gasteiger partial charge in [-0.05, 0) is 24.8 Å². The van der Waals surface area contributed by atoms with Crippen molar-refractivity contribution in [3.8, 4) is 5.88 Å². The van der Waals surface area contributed by atoms with E-state index in [1.807, 2.05) is 6.92 Å². The first-order valence-corrected chi connectivity index (χ1v) is 6.56. The van der Waals surface area contributed by atoms with Crippen LogP contribution in [0.25, 0.3) is 0 Å². The van der Waals surface area contributed by atoms with Gasteiger partial charge in [-0.15, -0.1) is 0 Å². The van der Waals surface area contributed by atoms with E-state index in [1.165, 1.54) is 18.2 Å². The summed E-state index contributed by atoms with van der Waals surface area (Å²) in [5.74, 6) is -0.511. The monoisotopic (exact) mass is 278 g/mol. The predicted molar refractivity (Wildman–Crippen MR) is 71.6 cm³/mol. The second kappa shape index (κ2) is 5.90. The zero-order chi connectivity index (χ0) is 14.7. The third-order valence-electron chi connectivity index (χ3n) is 3.60. The molecule has 2 atom stereocenters. The number of carbonyl (C=O) groups excluding carboxylic acids is 1. The molecule has 0 radical (unpaired) electrons. The van der Waals surface area contributed by atoms with Crippen molar-refractivity contribution in [1.82, 2.24) is 9.88 Å². The highest BCUT2D eigenvalue weighted by atomic mass is 16.5. The Balaban J connectivity index is 2.19. The number of likely N-dealkylation sites (tertiary alicyclic amines) is 1. The van der Waals surface area contributed by atoms with Crippen molar-refractivity contribution >= 4 is 11.9 Å². The van der Waals surface area contributed by atoms with Gasteiger partial charge in [0, 0.05) is 18.8 Å². The molecule has 0 aromatic carbocycles. The predicted octanol–water partition coefficient (Wildman–Crippen LogP) is 1.42. The van der Waals surface area contributed by atoms with Crippen LogP contribution in [0.5, 0.6) is 5.88 Å². The number of nitrogens with zero attached hydrogens (tertiary/aromatic N) is 2. The molecular formula is C14H18N2O4. The lowest BCUT2D eigenvalue weighted by Crippen LogP contribution is -2.49. The number of hydrogen-bond donors (Lipinski definition) is 1. The van der Waals surface area contributed by atoms with Gasteiger partial charge in [0.25, 0.3) is 5.91 Å². The number of aliphatic carboxylic acids is 1. The third kappa shape index (κ3) is 2.89. The molecule has 1 amide bonds. The molecule has 108 valence electrons. The van der Waals surface area contributed by atoms with Crippen molar-refractivity contribution in [2.24, 2.45) is 5.92 Å². The van der Waals surface area contributed by atoms with Gasteiger partial charge in [-0.2, -0.15) is 0 Å². The number of carboxylic acid groups (broad SMARTS) is 1. The molecule has 2 unspecified atom stereocenters. The Labute approximate surface area is 117 Å². The summed E-state index contributed by atoms with van der Waals surface area (Å²) in [5, 5.41) is 9.27. The van der Waals surface area contributed by atoms with E-state index >= 15 is 0 Å². The molecular weight excluding hydrogens is 260 g/mol. The fourth-order valence-corrected chi connectivity index (χ4v) is 2.41. The fraction of sp³-hybridized carbons (Fsp3) is 0.500. The van der Waals surface area contributed by atoms with Crippen LogP contribution < -0.4 is 4.74 Å². The van der Waals surface area contributed by atoms with Crippen LogP contribution in [0.4, 0.5) is 0 Å². The van der Waals surface area contributed by atoms with Gasteiger partial charge in [0.1, 0.15) is 6.04 Å². The van der Waals surface area contributed by atoms with Gasteiger partial charge in [0.2, 0.25) is 5.88 Å². The molecule has 1 fully saturated rings. The van der Waals surface area contributed by atoms with Crippen molar-refractivity contribution in [2.45, 2.75) is 25.8 Å². The normalized spacial score (nSPS) is 22.4. The minimum absolute atomic E-state index is 0.292. The minimum atomic E-state index is -0.952. The molecule has 1 aromatic heterocycles. The van der Waals surface area contributed by atoms with Crippen LogP contribution >= 0.6 is 0 Å². The Bertz CT molecular complexity index is 500. The number of aromatic nitrogens is 1. The number of hydrogen-bond acceptors (Lipinski definition) is 4. The Morgan fingerprint density at radius 3 is 2.75 bits per heavy atom. The second-order valence-electron chi connectivity index (χ2n) is 5.07. The van der Waals surface area contributed by atoms with E-state index in [0.29, 0.717) is 30.3 Å². The minimum Gasteiger partial charge on any atom is -0.481 e. The number of carboxylic acids is 1. The van der Waals surface area contributed by atoms with E-state index in [-0.39, 0.29) is 5.91 Å². The lowest BCUT2D eigenvalue weighted by molar-refractivity contribution is -0.144. The summed E-state index contributed by atoms with van der Waals surface area (Å²) >= 11 is 0. The molecule has 6 heteroatoms. The molecule has 20 heavy (non-hydrogen) atoms. The van der Waals surface area contributed by atoms with Crippen LogP contribution in [-0.4, -0.2) is 46.6 Å². The topological polar surface area (TPSA) is 79.7 Å². The number of rotatable bonds is 3. The molecule has 1 aromatic rings. The van der Waals surface area contributed by atoms with E-state index in [0.717, 1.165) is 6.42 Å². The van der Waals surface area contributed by atoms with Gasteiger partial charge in [0.15, 0.2) is 0 Å². The van der Waals surface area contributed by atoms with Gasteiger partial charge in [-0.25, -0.2) is 9.78 Å². The molecule has 0 spiro atoms. The maximum Gasteiger partial charge on any atom is 0.326 e. The van der Waals surface area contributed by atoms with E-state index < -0.39 is 12.0 Å². The molecule has 2 heterocycles. The fourth-order valence-electron chi connectivity index (χ4n) is 2.41. The van der Waals surface area contributed by atoms with Crippen LogP contribution in [0.1, 0.15) is 30.1 Å². The Kier molecular flexibility index (Phi) is 4.22. The third-order valence-corrected chi connectivity index (χ3v) is 3.60. The lowest BCUT2D eigenvalue weighted by Gasteiger charge is -2.36. The van der Waals surface area contributed by atoms with Gasteiger partial charge < -0.3 is 14.7 Å². The van der Waals surface area contributed by atoms with Crippen LogP contribution in [0.2, 0.25) is 0 Å². The largest absolute Gasteiger partial charge is 0.481 e. The summed E-state index contributed by atoms with van der Waals surface area (Å²) in [5.41, 5.74) is 0.381. The molecule has 0 aliphatic carbocycles. The number of ether oxygens (including phenoxy) is 1. The van der Waals surface area contributed by atoms with Crippen molar-refractivity contribution < 1.29 is 19.4 Å². The number of amides is 1. The quantitative estimate of drug-likeness (QED) is 0.904. The van der Waals surface area contributed by atoms with E-state index in [2.05, 4.69) is 4.98 Å². The highest BCUT2D eigenvalue weighted by Crippen LogP contribution is 2.24. The first-order valence-electron chi connectivity index (χ1n) is 6.56. The van der Waals surface area contributed by atoms with Crippen molar-refractivity contribution in [1.29, 1.82) is 0 Å². The van der Waals surface area contributed by atoms with Gasteiger partial charge in [-0.1, -0.05) is 6.92 Å². The average Bonchev–Trinajstić information content (AvgIpc) is 2.46. The molecule has 1 N–H and O–H groups in total. The summed E-state index contributed by atoms with van der Waals surface area (Å²) in [4.78, 5) is 29.1. The molecule has 0 bridgehead atoms. The van der Waals surface area contributed by atoms with Crippen molar-refractivity contribution in [2.75, 3.05) is 13.7 Å². The number of pyridine rings is 1. The number of carbonyl (C=O) groups is 2. The summed E-state index contributed by atoms with van der Waals surface area (Å²) < 4.78 is 4.94. The van der Waals surface area contributed by atoms with Crippen LogP contribution in [0, 0.1) is 5.92 Å². The van der Waals surface area contributed by atoms with Gasteiger partial charge >= 0.3 is 5.97 Å². The molecule has 6 nitrogen and oxygen atoms in total. The zero-order valence-electron chi connectivity index (χ0n) is 11.6. The van der Waals surface area contributed by atoms with E-state index in [1.54, 1.807) is 12.1 Å². The highest BCUT2D eigenvalue weighted by Gasteiger charge is 2.35. The summed E-state index contributed by atoms with van der Waals surface area (Å²) in [6.07, 6.45) is 2.72. The number of piperidine rings is 1. The van der Waals surface area contributed by atoms with Crippen LogP contribution in [-0.2, 0) is 4.79 Å². The van der Waals surface area contributed by atoms with Crippen LogP contribution in [0.3, 0.4) is 0 Å². The van der Waals surface area contributed by atoms with Gasteiger partial charge in [0.05, 0.1) is 12.7 Å². The van der Waals surface area contributed by atoms with E-state index in [4.69, 9.17) is 4.74 Å².